The van der Waals surface area contributed by atoms with E-state index in [0.717, 1.165) is 0 Å². The second-order valence-corrected chi connectivity index (χ2v) is 5.59. The van der Waals surface area contributed by atoms with E-state index in [-0.39, 0.29) is 6.61 Å². The van der Waals surface area contributed by atoms with Crippen LogP contribution in [0.3, 0.4) is 0 Å². The van der Waals surface area contributed by atoms with Crippen molar-refractivity contribution < 1.29 is 14.3 Å². The molecule has 6 nitrogen and oxygen atoms in total. The zero-order valence-electron chi connectivity index (χ0n) is 13.2. The molecule has 0 saturated heterocycles. The van der Waals surface area contributed by atoms with E-state index in [9.17, 15) is 9.18 Å². The third-order valence-electron chi connectivity index (χ3n) is 3.80. The van der Waals surface area contributed by atoms with Crippen LogP contribution in [0.15, 0.2) is 36.7 Å². The molecule has 0 saturated carbocycles. The molecule has 124 valence electrons. The van der Waals surface area contributed by atoms with Crippen LogP contribution in [-0.4, -0.2) is 33.1 Å². The fourth-order valence-corrected chi connectivity index (χ4v) is 2.17. The molecule has 1 aromatic heterocycles. The summed E-state index contributed by atoms with van der Waals surface area (Å²) in [4.78, 5) is 12.1. The van der Waals surface area contributed by atoms with Gasteiger partial charge in [0.1, 0.15) is 11.5 Å². The van der Waals surface area contributed by atoms with Crippen molar-refractivity contribution in [3.8, 4) is 5.69 Å². The van der Waals surface area contributed by atoms with Gasteiger partial charge in [-0.2, -0.15) is 5.10 Å². The smallest absolute Gasteiger partial charge is 0.319 e. The number of carbonyl (C=O) groups is 1. The quantitative estimate of drug-likeness (QED) is 0.765. The van der Waals surface area contributed by atoms with E-state index in [4.69, 9.17) is 5.11 Å². The Labute approximate surface area is 134 Å². The topological polar surface area (TPSA) is 79.2 Å². The first-order chi connectivity index (χ1) is 11.0. The predicted octanol–water partition coefficient (Wildman–Crippen LogP) is 2.68. The van der Waals surface area contributed by atoms with Crippen LogP contribution in [0.2, 0.25) is 0 Å². The Morgan fingerprint density at radius 2 is 2.17 bits per heavy atom. The molecule has 0 bridgehead atoms. The number of para-hydroxylation sites is 1. The number of benzene rings is 1. The van der Waals surface area contributed by atoms with Gasteiger partial charge >= 0.3 is 6.03 Å². The summed E-state index contributed by atoms with van der Waals surface area (Å²) < 4.78 is 15.1. The minimum absolute atomic E-state index is 0.00413. The van der Waals surface area contributed by atoms with Gasteiger partial charge < -0.3 is 15.7 Å². The van der Waals surface area contributed by atoms with Crippen LogP contribution < -0.4 is 10.6 Å². The predicted molar refractivity (Wildman–Crippen MR) is 86.1 cm³/mol. The largest absolute Gasteiger partial charge is 0.396 e. The molecule has 23 heavy (non-hydrogen) atoms. The maximum absolute atomic E-state index is 13.7. The number of aliphatic hydroxyl groups excluding tert-OH is 1. The van der Waals surface area contributed by atoms with Crippen molar-refractivity contribution in [2.45, 2.75) is 32.2 Å². The fourth-order valence-electron chi connectivity index (χ4n) is 2.17. The number of urea groups is 1. The van der Waals surface area contributed by atoms with E-state index in [1.54, 1.807) is 18.2 Å². The number of hydrogen-bond donors (Lipinski definition) is 3. The van der Waals surface area contributed by atoms with Crippen LogP contribution >= 0.6 is 0 Å². The molecule has 1 heterocycles. The first-order valence-corrected chi connectivity index (χ1v) is 7.47. The Kier molecular flexibility index (Phi) is 5.33. The number of aromatic nitrogens is 2. The third kappa shape index (κ3) is 4.29. The second-order valence-electron chi connectivity index (χ2n) is 5.59. The molecule has 1 atom stereocenters. The van der Waals surface area contributed by atoms with Gasteiger partial charge in [0.25, 0.3) is 0 Å². The summed E-state index contributed by atoms with van der Waals surface area (Å²) in [6.45, 7) is 3.80. The standard InChI is InChI=1S/C16H21FN4O2/c1-3-16(2,8-9-22)20-15(23)19-12-10-18-21(11-12)14-7-5-4-6-13(14)17/h4-7,10-11,22H,3,8-9H2,1-2H3,(H2,19,20,23). The van der Waals surface area contributed by atoms with Crippen molar-refractivity contribution in [2.24, 2.45) is 0 Å². The van der Waals surface area contributed by atoms with Crippen LogP contribution in [0.5, 0.6) is 0 Å². The van der Waals surface area contributed by atoms with Crippen LogP contribution in [0.1, 0.15) is 26.7 Å². The number of nitrogens with zero attached hydrogens (tertiary/aromatic N) is 2. The lowest BCUT2D eigenvalue weighted by molar-refractivity contribution is 0.208. The Balaban J connectivity index is 2.05. The molecule has 2 amide bonds. The fraction of sp³-hybridized carbons (Fsp3) is 0.375. The molecule has 3 N–H and O–H groups in total. The number of aliphatic hydroxyl groups is 1. The zero-order valence-corrected chi connectivity index (χ0v) is 13.2. The average Bonchev–Trinajstić information content (AvgIpc) is 2.96. The number of anilines is 1. The normalized spacial score (nSPS) is 13.4. The molecular formula is C16H21FN4O2. The van der Waals surface area contributed by atoms with Gasteiger partial charge in [-0.1, -0.05) is 19.1 Å². The van der Waals surface area contributed by atoms with Gasteiger partial charge in [-0.25, -0.2) is 13.9 Å². The van der Waals surface area contributed by atoms with Gasteiger partial charge in [0.15, 0.2) is 0 Å². The van der Waals surface area contributed by atoms with Gasteiger partial charge in [0.05, 0.1) is 18.1 Å². The van der Waals surface area contributed by atoms with Crippen molar-refractivity contribution in [2.75, 3.05) is 11.9 Å². The lowest BCUT2D eigenvalue weighted by Gasteiger charge is -2.28. The van der Waals surface area contributed by atoms with Crippen molar-refractivity contribution in [3.05, 3.63) is 42.5 Å². The molecule has 1 aromatic carbocycles. The van der Waals surface area contributed by atoms with E-state index in [0.29, 0.717) is 24.2 Å². The minimum Gasteiger partial charge on any atom is -0.396 e. The number of hydrogen-bond acceptors (Lipinski definition) is 3. The third-order valence-corrected chi connectivity index (χ3v) is 3.80. The van der Waals surface area contributed by atoms with E-state index in [2.05, 4.69) is 15.7 Å². The van der Waals surface area contributed by atoms with Gasteiger partial charge in [-0.3, -0.25) is 0 Å². The Morgan fingerprint density at radius 3 is 2.83 bits per heavy atom. The summed E-state index contributed by atoms with van der Waals surface area (Å²) in [5.74, 6) is -0.395. The molecule has 7 heteroatoms. The maximum atomic E-state index is 13.7. The molecule has 0 aliphatic rings. The van der Waals surface area contributed by atoms with Crippen LogP contribution in [0.4, 0.5) is 14.9 Å². The summed E-state index contributed by atoms with van der Waals surface area (Å²) in [7, 11) is 0. The van der Waals surface area contributed by atoms with Crippen LogP contribution in [0.25, 0.3) is 5.69 Å². The van der Waals surface area contributed by atoms with Crippen molar-refractivity contribution in [3.63, 3.8) is 0 Å². The molecular weight excluding hydrogens is 299 g/mol. The number of amides is 2. The van der Waals surface area contributed by atoms with Crippen LogP contribution in [-0.2, 0) is 0 Å². The van der Waals surface area contributed by atoms with Crippen molar-refractivity contribution in [1.29, 1.82) is 0 Å². The molecule has 0 radical (unpaired) electrons. The monoisotopic (exact) mass is 320 g/mol. The highest BCUT2D eigenvalue weighted by atomic mass is 19.1. The molecule has 0 fully saturated rings. The number of nitrogens with one attached hydrogen (secondary N) is 2. The van der Waals surface area contributed by atoms with E-state index < -0.39 is 17.4 Å². The summed E-state index contributed by atoms with van der Waals surface area (Å²) in [5.41, 5.74) is 0.272. The molecule has 1 unspecified atom stereocenters. The second kappa shape index (κ2) is 7.23. The summed E-state index contributed by atoms with van der Waals surface area (Å²) in [6, 6.07) is 5.86. The van der Waals surface area contributed by atoms with E-state index in [1.165, 1.54) is 23.1 Å². The maximum Gasteiger partial charge on any atom is 0.319 e. The highest BCUT2D eigenvalue weighted by molar-refractivity contribution is 5.89. The van der Waals surface area contributed by atoms with Crippen molar-refractivity contribution in [1.82, 2.24) is 15.1 Å². The molecule has 0 aliphatic heterocycles. The summed E-state index contributed by atoms with van der Waals surface area (Å²) in [5, 5.41) is 18.6. The molecule has 0 spiro atoms. The van der Waals surface area contributed by atoms with Gasteiger partial charge in [0, 0.05) is 12.1 Å². The summed E-state index contributed by atoms with van der Waals surface area (Å²) >= 11 is 0. The first-order valence-electron chi connectivity index (χ1n) is 7.47. The molecule has 2 rings (SSSR count). The lowest BCUT2D eigenvalue weighted by atomic mass is 9.95. The summed E-state index contributed by atoms with van der Waals surface area (Å²) in [6.07, 6.45) is 4.13. The van der Waals surface area contributed by atoms with Crippen molar-refractivity contribution >= 4 is 11.7 Å². The SMILES string of the molecule is CCC(C)(CCO)NC(=O)Nc1cnn(-c2ccccc2F)c1. The molecule has 0 aliphatic carbocycles. The highest BCUT2D eigenvalue weighted by Crippen LogP contribution is 2.16. The van der Waals surface area contributed by atoms with E-state index in [1.807, 2.05) is 13.8 Å². The highest BCUT2D eigenvalue weighted by Gasteiger charge is 2.23. The van der Waals surface area contributed by atoms with Gasteiger partial charge in [0.2, 0.25) is 0 Å². The zero-order chi connectivity index (χ0) is 16.9. The number of rotatable bonds is 6. The van der Waals surface area contributed by atoms with Gasteiger partial charge in [-0.05, 0) is 31.9 Å². The Bertz CT molecular complexity index is 674. The van der Waals surface area contributed by atoms with E-state index >= 15 is 0 Å². The Hall–Kier alpha value is -2.41. The van der Waals surface area contributed by atoms with Gasteiger partial charge in [-0.15, -0.1) is 0 Å². The average molecular weight is 320 g/mol. The minimum atomic E-state index is -0.486. The first kappa shape index (κ1) is 17.0. The Morgan fingerprint density at radius 1 is 1.43 bits per heavy atom. The number of halogens is 1. The number of carbonyl (C=O) groups excluding carboxylic acids is 1. The lowest BCUT2D eigenvalue weighted by Crippen LogP contribution is -2.48. The molecule has 2 aromatic rings. The van der Waals surface area contributed by atoms with Crippen LogP contribution in [0, 0.1) is 5.82 Å².